The molecule has 1 aliphatic rings. The summed E-state index contributed by atoms with van der Waals surface area (Å²) in [5.41, 5.74) is -0.236. The van der Waals surface area contributed by atoms with Crippen molar-refractivity contribution in [2.24, 2.45) is 0 Å². The Bertz CT molecular complexity index is 1190. The van der Waals surface area contributed by atoms with E-state index in [1.807, 2.05) is 0 Å². The Morgan fingerprint density at radius 2 is 1.94 bits per heavy atom. The van der Waals surface area contributed by atoms with Gasteiger partial charge in [-0.25, -0.2) is 13.2 Å². The van der Waals surface area contributed by atoms with Crippen LogP contribution in [0.25, 0.3) is 11.3 Å². The van der Waals surface area contributed by atoms with Crippen LogP contribution < -0.4 is 10.6 Å². The van der Waals surface area contributed by atoms with Crippen molar-refractivity contribution in [3.63, 3.8) is 0 Å². The zero-order chi connectivity index (χ0) is 25.0. The largest absolute Gasteiger partial charge is 0.394 e. The molecule has 184 valence electrons. The van der Waals surface area contributed by atoms with E-state index < -0.39 is 41.8 Å². The lowest BCUT2D eigenvalue weighted by atomic mass is 9.65. The van der Waals surface area contributed by atoms with Crippen LogP contribution in [0, 0.1) is 11.6 Å². The number of benzene rings is 1. The van der Waals surface area contributed by atoms with Gasteiger partial charge in [0.1, 0.15) is 23.6 Å². The predicted molar refractivity (Wildman–Crippen MR) is 121 cm³/mol. The SMILES string of the molecule is O=C(NC[C@H](O)CO)c1ccc(F)c(-c2ccc(NC[C@]3(c4ncccc4F)C[C@H](F)C3)nn2)c1. The van der Waals surface area contributed by atoms with E-state index in [1.54, 1.807) is 6.07 Å². The van der Waals surface area contributed by atoms with E-state index in [2.05, 4.69) is 25.8 Å². The fourth-order valence-electron chi connectivity index (χ4n) is 4.06. The summed E-state index contributed by atoms with van der Waals surface area (Å²) in [6.45, 7) is -0.467. The minimum absolute atomic E-state index is 0.0469. The van der Waals surface area contributed by atoms with E-state index in [4.69, 9.17) is 5.11 Å². The zero-order valence-electron chi connectivity index (χ0n) is 18.6. The second-order valence-electron chi connectivity index (χ2n) is 8.52. The van der Waals surface area contributed by atoms with Crippen molar-refractivity contribution in [3.8, 4) is 11.3 Å². The summed E-state index contributed by atoms with van der Waals surface area (Å²) in [7, 11) is 0. The first-order chi connectivity index (χ1) is 16.8. The molecule has 0 spiro atoms. The number of nitrogens with zero attached hydrogens (tertiary/aromatic N) is 3. The summed E-state index contributed by atoms with van der Waals surface area (Å²) in [5.74, 6) is -1.32. The smallest absolute Gasteiger partial charge is 0.251 e. The van der Waals surface area contributed by atoms with Crippen molar-refractivity contribution in [3.05, 3.63) is 71.6 Å². The Morgan fingerprint density at radius 1 is 1.14 bits per heavy atom. The van der Waals surface area contributed by atoms with E-state index in [0.717, 1.165) is 6.07 Å². The number of amides is 1. The van der Waals surface area contributed by atoms with Gasteiger partial charge in [0.05, 0.1) is 24.1 Å². The van der Waals surface area contributed by atoms with Crippen molar-refractivity contribution in [2.75, 3.05) is 25.0 Å². The number of aliphatic hydroxyl groups excluding tert-OH is 2. The molecule has 4 N–H and O–H groups in total. The fourth-order valence-corrected chi connectivity index (χ4v) is 4.06. The van der Waals surface area contributed by atoms with Gasteiger partial charge in [-0.05, 0) is 55.3 Å². The molecule has 0 unspecified atom stereocenters. The highest BCUT2D eigenvalue weighted by Gasteiger charge is 2.48. The van der Waals surface area contributed by atoms with Crippen LogP contribution in [-0.2, 0) is 5.41 Å². The van der Waals surface area contributed by atoms with Gasteiger partial charge in [0.25, 0.3) is 5.91 Å². The fraction of sp³-hybridized carbons (Fsp3) is 0.333. The molecule has 0 bridgehead atoms. The molecule has 2 aromatic heterocycles. The number of rotatable bonds is 9. The highest BCUT2D eigenvalue weighted by Crippen LogP contribution is 2.45. The van der Waals surface area contributed by atoms with Crippen LogP contribution in [0.4, 0.5) is 19.0 Å². The molecule has 0 aliphatic heterocycles. The molecule has 1 amide bonds. The Hall–Kier alpha value is -3.57. The number of anilines is 1. The molecule has 1 atom stereocenters. The first-order valence-electron chi connectivity index (χ1n) is 11.0. The van der Waals surface area contributed by atoms with Crippen LogP contribution in [0.1, 0.15) is 28.9 Å². The highest BCUT2D eigenvalue weighted by molar-refractivity contribution is 5.95. The number of halogens is 3. The van der Waals surface area contributed by atoms with Crippen LogP contribution >= 0.6 is 0 Å². The van der Waals surface area contributed by atoms with Crippen LogP contribution in [-0.4, -0.2) is 63.3 Å². The minimum atomic E-state index is -1.10. The topological polar surface area (TPSA) is 120 Å². The molecule has 0 saturated heterocycles. The Kier molecular flexibility index (Phi) is 7.27. The van der Waals surface area contributed by atoms with E-state index >= 15 is 0 Å². The minimum Gasteiger partial charge on any atom is -0.394 e. The lowest BCUT2D eigenvalue weighted by Crippen LogP contribution is -2.49. The molecule has 35 heavy (non-hydrogen) atoms. The molecule has 1 aliphatic carbocycles. The van der Waals surface area contributed by atoms with Gasteiger partial charge in [-0.1, -0.05) is 0 Å². The van der Waals surface area contributed by atoms with Gasteiger partial charge < -0.3 is 20.8 Å². The predicted octanol–water partition coefficient (Wildman–Crippen LogP) is 2.38. The number of hydrogen-bond donors (Lipinski definition) is 4. The third-order valence-electron chi connectivity index (χ3n) is 5.97. The maximum Gasteiger partial charge on any atom is 0.251 e. The van der Waals surface area contributed by atoms with Crippen LogP contribution in [0.5, 0.6) is 0 Å². The van der Waals surface area contributed by atoms with Crippen molar-refractivity contribution < 1.29 is 28.2 Å². The van der Waals surface area contributed by atoms with Gasteiger partial charge in [0.2, 0.25) is 0 Å². The molecular weight excluding hydrogens is 463 g/mol. The van der Waals surface area contributed by atoms with Crippen molar-refractivity contribution in [2.45, 2.75) is 30.5 Å². The average molecular weight is 487 g/mol. The van der Waals surface area contributed by atoms with Gasteiger partial charge in [-0.2, -0.15) is 0 Å². The highest BCUT2D eigenvalue weighted by atomic mass is 19.1. The number of carbonyl (C=O) groups is 1. The summed E-state index contributed by atoms with van der Waals surface area (Å²) in [6.07, 6.45) is -0.401. The Labute approximate surface area is 199 Å². The summed E-state index contributed by atoms with van der Waals surface area (Å²) in [5, 5.41) is 31.8. The summed E-state index contributed by atoms with van der Waals surface area (Å²) in [6, 6.07) is 9.55. The normalized spacial score (nSPS) is 20.1. The molecule has 0 radical (unpaired) electrons. The zero-order valence-corrected chi connectivity index (χ0v) is 18.6. The number of nitrogens with one attached hydrogen (secondary N) is 2. The van der Waals surface area contributed by atoms with Crippen molar-refractivity contribution >= 4 is 11.7 Å². The van der Waals surface area contributed by atoms with Crippen LogP contribution in [0.15, 0.2) is 48.7 Å². The number of alkyl halides is 1. The van der Waals surface area contributed by atoms with E-state index in [9.17, 15) is 23.1 Å². The van der Waals surface area contributed by atoms with Crippen molar-refractivity contribution in [1.82, 2.24) is 20.5 Å². The van der Waals surface area contributed by atoms with E-state index in [-0.39, 0.29) is 48.4 Å². The molecule has 3 aromatic rings. The Balaban J connectivity index is 1.46. The van der Waals surface area contributed by atoms with Gasteiger partial charge in [0.15, 0.2) is 0 Å². The van der Waals surface area contributed by atoms with Crippen molar-refractivity contribution in [1.29, 1.82) is 0 Å². The molecular formula is C24H24F3N5O3. The number of carbonyl (C=O) groups excluding carboxylic acids is 1. The monoisotopic (exact) mass is 487 g/mol. The maximum absolute atomic E-state index is 14.4. The maximum atomic E-state index is 14.4. The summed E-state index contributed by atoms with van der Waals surface area (Å²) in [4.78, 5) is 16.4. The summed E-state index contributed by atoms with van der Waals surface area (Å²) >= 11 is 0. The number of aromatic nitrogens is 3. The molecule has 1 fully saturated rings. The number of pyridine rings is 1. The van der Waals surface area contributed by atoms with Crippen LogP contribution in [0.2, 0.25) is 0 Å². The van der Waals surface area contributed by atoms with Gasteiger partial charge in [-0.15, -0.1) is 10.2 Å². The second kappa shape index (κ2) is 10.4. The lowest BCUT2D eigenvalue weighted by Gasteiger charge is -2.44. The van der Waals surface area contributed by atoms with Gasteiger partial charge in [-0.3, -0.25) is 9.78 Å². The average Bonchev–Trinajstić information content (AvgIpc) is 2.85. The first-order valence-corrected chi connectivity index (χ1v) is 11.0. The van der Waals surface area contributed by atoms with Gasteiger partial charge >= 0.3 is 0 Å². The first kappa shape index (κ1) is 24.6. The standard InChI is InChI=1S/C24H24F3N5O3/c25-15-9-24(10-15,22-19(27)2-1-7-28-22)13-30-21-6-5-20(31-32-21)17-8-14(3-4-18(17)26)23(35)29-11-16(34)12-33/h1-8,15-16,33-34H,9-13H2,(H,29,35)(H,30,32)/t15-,16-,24-/m0/s1. The van der Waals surface area contributed by atoms with E-state index in [0.29, 0.717) is 5.82 Å². The molecule has 1 aromatic carbocycles. The summed E-state index contributed by atoms with van der Waals surface area (Å²) < 4.78 is 42.5. The van der Waals surface area contributed by atoms with E-state index in [1.165, 1.54) is 36.5 Å². The Morgan fingerprint density at radius 3 is 2.60 bits per heavy atom. The van der Waals surface area contributed by atoms with Crippen LogP contribution in [0.3, 0.4) is 0 Å². The molecule has 8 nitrogen and oxygen atoms in total. The second-order valence-corrected chi connectivity index (χ2v) is 8.52. The quantitative estimate of drug-likeness (QED) is 0.366. The number of hydrogen-bond acceptors (Lipinski definition) is 7. The lowest BCUT2D eigenvalue weighted by molar-refractivity contribution is 0.0802. The molecule has 2 heterocycles. The van der Waals surface area contributed by atoms with Gasteiger partial charge in [0, 0.05) is 35.8 Å². The third kappa shape index (κ3) is 5.41. The molecule has 1 saturated carbocycles. The number of aliphatic hydroxyl groups is 2. The molecule has 11 heteroatoms. The third-order valence-corrected chi connectivity index (χ3v) is 5.97. The molecule has 4 rings (SSSR count).